The van der Waals surface area contributed by atoms with Crippen LogP contribution in [0.3, 0.4) is 0 Å². The predicted octanol–water partition coefficient (Wildman–Crippen LogP) is 4.89. The third kappa shape index (κ3) is 7.49. The van der Waals surface area contributed by atoms with Crippen LogP contribution in [0.5, 0.6) is 5.88 Å². The van der Waals surface area contributed by atoms with Crippen molar-refractivity contribution in [3.8, 4) is 5.88 Å². The van der Waals surface area contributed by atoms with E-state index >= 15 is 0 Å². The molecule has 5 fully saturated rings. The van der Waals surface area contributed by atoms with Crippen molar-refractivity contribution < 1.29 is 37.1 Å². The molecule has 54 heavy (non-hydrogen) atoms. The second kappa shape index (κ2) is 14.9. The second-order valence-electron chi connectivity index (χ2n) is 16.7. The van der Waals surface area contributed by atoms with Crippen LogP contribution in [0.1, 0.15) is 102 Å². The number of amides is 3. The Morgan fingerprint density at radius 2 is 1.72 bits per heavy atom. The van der Waals surface area contributed by atoms with Crippen molar-refractivity contribution >= 4 is 44.5 Å². The average molecular weight is 761 g/mol. The standard InChI is InChI=1S/C41H52N4O8S/c1-2-29-23-41(29,40(49)44-54(50,51)31-16-17-31)43-37(47)34-21-30-24-45(34)39(48)33(26-9-4-3-5-10-26)22-36(46)53-35-13-7-12-28(35)11-6-8-25-14-15-27-18-19-42-38(52-30)32(27)20-25/h2,14-15,18-20,26,28-31,33-35H,1,3-13,16-17,21-24H2,(H,43,47)(H,44,49)/t28-,29-,30+,33-,34-,35-,41+/m0/s1. The van der Waals surface area contributed by atoms with Crippen molar-refractivity contribution in [1.29, 1.82) is 0 Å². The molecule has 3 amide bonds. The van der Waals surface area contributed by atoms with Gasteiger partial charge in [0, 0.05) is 23.9 Å². The van der Waals surface area contributed by atoms with Crippen LogP contribution >= 0.6 is 0 Å². The summed E-state index contributed by atoms with van der Waals surface area (Å²) >= 11 is 0. The maximum absolute atomic E-state index is 14.9. The molecule has 1 aromatic heterocycles. The van der Waals surface area contributed by atoms with E-state index in [4.69, 9.17) is 9.47 Å². The van der Waals surface area contributed by atoms with Crippen LogP contribution in [0, 0.1) is 23.7 Å². The molecular weight excluding hydrogens is 709 g/mol. The van der Waals surface area contributed by atoms with Gasteiger partial charge < -0.3 is 19.7 Å². The zero-order chi connectivity index (χ0) is 37.6. The number of nitrogens with one attached hydrogen (secondary N) is 2. The monoisotopic (exact) mass is 760 g/mol. The number of sulfonamides is 1. The number of carbonyl (C=O) groups excluding carboxylic acids is 4. The molecule has 6 aliphatic rings. The summed E-state index contributed by atoms with van der Waals surface area (Å²) in [5, 5.41) is 4.09. The van der Waals surface area contributed by atoms with Crippen LogP contribution in [0.2, 0.25) is 0 Å². The third-order valence-corrected chi connectivity index (χ3v) is 14.8. The molecule has 12 nitrogen and oxygen atoms in total. The van der Waals surface area contributed by atoms with Gasteiger partial charge in [-0.25, -0.2) is 13.4 Å². The summed E-state index contributed by atoms with van der Waals surface area (Å²) in [5.74, 6) is -2.53. The number of aromatic nitrogens is 1. The molecule has 4 aliphatic carbocycles. The van der Waals surface area contributed by atoms with Gasteiger partial charge >= 0.3 is 5.97 Å². The maximum atomic E-state index is 14.9. The quantitative estimate of drug-likeness (QED) is 0.296. The Morgan fingerprint density at radius 1 is 0.944 bits per heavy atom. The van der Waals surface area contributed by atoms with Crippen molar-refractivity contribution in [3.05, 3.63) is 48.7 Å². The Balaban J connectivity index is 1.12. The Hall–Kier alpha value is -4.00. The topological polar surface area (TPSA) is 161 Å². The van der Waals surface area contributed by atoms with E-state index < -0.39 is 56.6 Å². The number of ether oxygens (including phenoxy) is 2. The summed E-state index contributed by atoms with van der Waals surface area (Å²) in [6.07, 6.45) is 13.9. The zero-order valence-electron chi connectivity index (χ0n) is 30.9. The van der Waals surface area contributed by atoms with Gasteiger partial charge in [0.1, 0.15) is 23.8 Å². The number of fused-ring (bicyclic) bond motifs is 4. The van der Waals surface area contributed by atoms with E-state index in [2.05, 4.69) is 39.8 Å². The van der Waals surface area contributed by atoms with E-state index in [1.54, 1.807) is 12.3 Å². The molecule has 4 saturated carbocycles. The number of benzene rings is 1. The van der Waals surface area contributed by atoms with Gasteiger partial charge in [-0.3, -0.25) is 23.9 Å². The van der Waals surface area contributed by atoms with E-state index in [0.29, 0.717) is 18.7 Å². The first kappa shape index (κ1) is 36.9. The summed E-state index contributed by atoms with van der Waals surface area (Å²) in [6.45, 7) is 3.90. The zero-order valence-corrected chi connectivity index (χ0v) is 31.7. The molecule has 7 atom stereocenters. The van der Waals surface area contributed by atoms with E-state index in [-0.39, 0.29) is 55.6 Å². The van der Waals surface area contributed by atoms with Crippen LogP contribution < -0.4 is 14.8 Å². The Labute approximate surface area is 317 Å². The molecule has 2 aromatic rings. The van der Waals surface area contributed by atoms with Crippen LogP contribution in [0.15, 0.2) is 43.1 Å². The fraction of sp³-hybridized carbons (Fsp3) is 0.634. The normalized spacial score (nSPS) is 32.2. The number of carbonyl (C=O) groups is 4. The largest absolute Gasteiger partial charge is 0.472 e. The lowest BCUT2D eigenvalue weighted by atomic mass is 9.77. The Morgan fingerprint density at radius 3 is 2.48 bits per heavy atom. The molecule has 4 bridgehead atoms. The highest BCUT2D eigenvalue weighted by molar-refractivity contribution is 7.91. The fourth-order valence-electron chi connectivity index (χ4n) is 9.65. The number of nitrogens with zero attached hydrogens (tertiary/aromatic N) is 2. The van der Waals surface area contributed by atoms with Gasteiger partial charge in [-0.1, -0.05) is 37.5 Å². The molecule has 8 rings (SSSR count). The van der Waals surface area contributed by atoms with E-state index in [1.807, 2.05) is 6.07 Å². The first-order chi connectivity index (χ1) is 26.0. The fourth-order valence-corrected chi connectivity index (χ4v) is 11.0. The summed E-state index contributed by atoms with van der Waals surface area (Å²) in [7, 11) is -3.87. The number of pyridine rings is 1. The number of rotatable bonds is 7. The maximum Gasteiger partial charge on any atom is 0.306 e. The molecule has 1 aromatic carbocycles. The lowest BCUT2D eigenvalue weighted by molar-refractivity contribution is -0.157. The number of esters is 1. The summed E-state index contributed by atoms with van der Waals surface area (Å²) in [5.41, 5.74) is -0.351. The highest BCUT2D eigenvalue weighted by Crippen LogP contribution is 2.46. The van der Waals surface area contributed by atoms with E-state index in [0.717, 1.165) is 87.0 Å². The van der Waals surface area contributed by atoms with E-state index in [9.17, 15) is 27.6 Å². The van der Waals surface area contributed by atoms with Gasteiger partial charge in [0.15, 0.2) is 0 Å². The number of aryl methyl sites for hydroxylation is 1. The molecule has 13 heteroatoms. The van der Waals surface area contributed by atoms with E-state index in [1.165, 1.54) is 4.90 Å². The predicted molar refractivity (Wildman–Crippen MR) is 200 cm³/mol. The Kier molecular flexibility index (Phi) is 10.2. The molecule has 1 saturated heterocycles. The Bertz CT molecular complexity index is 1930. The highest BCUT2D eigenvalue weighted by Gasteiger charge is 2.62. The van der Waals surface area contributed by atoms with Gasteiger partial charge in [-0.05, 0) is 106 Å². The highest BCUT2D eigenvalue weighted by atomic mass is 32.2. The molecule has 2 aliphatic heterocycles. The van der Waals surface area contributed by atoms with Gasteiger partial charge in [0.2, 0.25) is 27.7 Å². The second-order valence-corrected chi connectivity index (χ2v) is 18.6. The molecule has 0 radical (unpaired) electrons. The van der Waals surface area contributed by atoms with Gasteiger partial charge in [0.05, 0.1) is 24.1 Å². The lowest BCUT2D eigenvalue weighted by Gasteiger charge is -2.34. The SMILES string of the molecule is C=C[C@H]1C[C@]1(NC(=O)[C@@H]1C[C@@H]2CN1C(=O)[C@H](C1CCCCC1)CC(=O)O[C@H]1CCC[C@@H]1CCCc1ccc3ccnc(c3c1)O2)C(=O)NS(=O)(=O)C1CC1. The third-order valence-electron chi connectivity index (χ3n) is 13.0. The van der Waals surface area contributed by atoms with Crippen LogP contribution in [-0.2, 0) is 40.4 Å². The van der Waals surface area contributed by atoms with Crippen LogP contribution in [0.25, 0.3) is 10.8 Å². The first-order valence-electron chi connectivity index (χ1n) is 20.1. The molecule has 0 unspecified atom stereocenters. The number of hydrogen-bond donors (Lipinski definition) is 2. The van der Waals surface area contributed by atoms with Gasteiger partial charge in [-0.15, -0.1) is 6.58 Å². The van der Waals surface area contributed by atoms with Crippen molar-refractivity contribution in [3.63, 3.8) is 0 Å². The minimum Gasteiger partial charge on any atom is -0.472 e. The van der Waals surface area contributed by atoms with Crippen molar-refractivity contribution in [2.75, 3.05) is 6.54 Å². The van der Waals surface area contributed by atoms with Crippen molar-refractivity contribution in [2.45, 2.75) is 132 Å². The lowest BCUT2D eigenvalue weighted by Crippen LogP contribution is -2.57. The first-order valence-corrected chi connectivity index (χ1v) is 21.6. The number of hydrogen-bond acceptors (Lipinski definition) is 9. The van der Waals surface area contributed by atoms with Gasteiger partial charge in [-0.2, -0.15) is 0 Å². The summed E-state index contributed by atoms with van der Waals surface area (Å²) in [4.78, 5) is 62.8. The molecule has 2 N–H and O–H groups in total. The average Bonchev–Trinajstić information content (AvgIpc) is 4.06. The van der Waals surface area contributed by atoms with Crippen LogP contribution in [0.4, 0.5) is 0 Å². The van der Waals surface area contributed by atoms with Crippen molar-refractivity contribution in [2.24, 2.45) is 23.7 Å². The smallest absolute Gasteiger partial charge is 0.306 e. The molecular formula is C41H52N4O8S. The van der Waals surface area contributed by atoms with Crippen LogP contribution in [-0.4, -0.2) is 77.6 Å². The minimum absolute atomic E-state index is 0.0380. The molecule has 290 valence electrons. The molecule has 3 heterocycles. The van der Waals surface area contributed by atoms with Gasteiger partial charge in [0.25, 0.3) is 5.91 Å². The molecule has 0 spiro atoms. The summed E-state index contributed by atoms with van der Waals surface area (Å²) in [6, 6.07) is 7.19. The minimum atomic E-state index is -3.87. The van der Waals surface area contributed by atoms with Crippen molar-refractivity contribution in [1.82, 2.24) is 19.9 Å². The summed E-state index contributed by atoms with van der Waals surface area (Å²) < 4.78 is 40.5.